The standard InChI is InChI=1S/C19H19NO5/c1-13(20-17(18(21)23-2)19(22)24-3)14-8-7-11-16(12-14)25-15-9-5-4-6-10-15/h4-13H,1-3H3. The van der Waals surface area contributed by atoms with Gasteiger partial charge in [0.2, 0.25) is 5.71 Å². The normalized spacial score (nSPS) is 11.2. The lowest BCUT2D eigenvalue weighted by molar-refractivity contribution is -0.138. The zero-order valence-electron chi connectivity index (χ0n) is 14.3. The molecular weight excluding hydrogens is 322 g/mol. The summed E-state index contributed by atoms with van der Waals surface area (Å²) in [5.74, 6) is -0.338. The Morgan fingerprint density at radius 1 is 0.880 bits per heavy atom. The van der Waals surface area contributed by atoms with Crippen LogP contribution in [0.5, 0.6) is 11.5 Å². The number of ether oxygens (including phenoxy) is 3. The van der Waals surface area contributed by atoms with E-state index in [9.17, 15) is 9.59 Å². The van der Waals surface area contributed by atoms with Crippen molar-refractivity contribution in [1.82, 2.24) is 0 Å². The number of carbonyl (C=O) groups is 2. The van der Waals surface area contributed by atoms with Crippen LogP contribution in [0.1, 0.15) is 18.5 Å². The highest BCUT2D eigenvalue weighted by molar-refractivity contribution is 6.62. The van der Waals surface area contributed by atoms with Crippen molar-refractivity contribution >= 4 is 17.7 Å². The van der Waals surface area contributed by atoms with E-state index < -0.39 is 18.0 Å². The van der Waals surface area contributed by atoms with Gasteiger partial charge in [0.25, 0.3) is 0 Å². The molecule has 0 aromatic heterocycles. The van der Waals surface area contributed by atoms with E-state index in [4.69, 9.17) is 4.74 Å². The van der Waals surface area contributed by atoms with Gasteiger partial charge in [-0.2, -0.15) is 0 Å². The van der Waals surface area contributed by atoms with Crippen LogP contribution in [0.15, 0.2) is 59.6 Å². The highest BCUT2D eigenvalue weighted by Gasteiger charge is 2.23. The molecule has 0 heterocycles. The third kappa shape index (κ3) is 4.91. The second-order valence-corrected chi connectivity index (χ2v) is 5.12. The number of hydrogen-bond donors (Lipinski definition) is 0. The van der Waals surface area contributed by atoms with Gasteiger partial charge in [0.15, 0.2) is 0 Å². The molecule has 6 nitrogen and oxygen atoms in total. The van der Waals surface area contributed by atoms with E-state index in [0.29, 0.717) is 11.5 Å². The summed E-state index contributed by atoms with van der Waals surface area (Å²) in [6.07, 6.45) is 0. The predicted molar refractivity (Wildman–Crippen MR) is 92.8 cm³/mol. The minimum absolute atomic E-state index is 0.383. The van der Waals surface area contributed by atoms with Crippen LogP contribution in [-0.4, -0.2) is 31.9 Å². The van der Waals surface area contributed by atoms with Gasteiger partial charge in [-0.25, -0.2) is 9.59 Å². The average molecular weight is 341 g/mol. The van der Waals surface area contributed by atoms with E-state index in [-0.39, 0.29) is 5.71 Å². The molecule has 0 saturated carbocycles. The molecule has 6 heteroatoms. The third-order valence-corrected chi connectivity index (χ3v) is 3.40. The predicted octanol–water partition coefficient (Wildman–Crippen LogP) is 3.33. The number of aliphatic imine (C=N–C) groups is 1. The van der Waals surface area contributed by atoms with E-state index in [1.165, 1.54) is 14.2 Å². The van der Waals surface area contributed by atoms with Gasteiger partial charge in [0.05, 0.1) is 20.3 Å². The van der Waals surface area contributed by atoms with E-state index >= 15 is 0 Å². The molecule has 0 bridgehead atoms. The number of methoxy groups -OCH3 is 2. The summed E-state index contributed by atoms with van der Waals surface area (Å²) in [4.78, 5) is 27.6. The first-order valence-electron chi connectivity index (χ1n) is 7.62. The number of para-hydroxylation sites is 1. The summed E-state index contributed by atoms with van der Waals surface area (Å²) in [6, 6.07) is 16.2. The van der Waals surface area contributed by atoms with Crippen molar-refractivity contribution in [2.24, 2.45) is 4.99 Å². The van der Waals surface area contributed by atoms with E-state index in [2.05, 4.69) is 14.5 Å². The lowest BCUT2D eigenvalue weighted by atomic mass is 10.1. The van der Waals surface area contributed by atoms with Crippen LogP contribution in [0.3, 0.4) is 0 Å². The minimum atomic E-state index is -0.838. The first-order chi connectivity index (χ1) is 12.0. The summed E-state index contributed by atoms with van der Waals surface area (Å²) in [5, 5.41) is 0. The molecule has 2 aromatic rings. The fourth-order valence-corrected chi connectivity index (χ4v) is 2.11. The molecular formula is C19H19NO5. The van der Waals surface area contributed by atoms with Crippen LogP contribution in [0.2, 0.25) is 0 Å². The number of hydrogen-bond acceptors (Lipinski definition) is 6. The van der Waals surface area contributed by atoms with Gasteiger partial charge in [-0.15, -0.1) is 0 Å². The zero-order valence-corrected chi connectivity index (χ0v) is 14.3. The lowest BCUT2D eigenvalue weighted by Crippen LogP contribution is -2.27. The maximum atomic E-state index is 11.7. The van der Waals surface area contributed by atoms with Gasteiger partial charge in [-0.3, -0.25) is 4.99 Å². The van der Waals surface area contributed by atoms with Crippen molar-refractivity contribution in [1.29, 1.82) is 0 Å². The van der Waals surface area contributed by atoms with Crippen LogP contribution < -0.4 is 4.74 Å². The summed E-state index contributed by atoms with van der Waals surface area (Å²) >= 11 is 0. The van der Waals surface area contributed by atoms with Crippen molar-refractivity contribution < 1.29 is 23.8 Å². The molecule has 130 valence electrons. The Hall–Kier alpha value is -3.15. The molecule has 25 heavy (non-hydrogen) atoms. The van der Waals surface area contributed by atoms with E-state index in [1.807, 2.05) is 48.5 Å². The number of benzene rings is 2. The molecule has 0 aliphatic carbocycles. The summed E-state index contributed by atoms with van der Waals surface area (Å²) in [5.41, 5.74) is 0.394. The number of carbonyl (C=O) groups excluding carboxylic acids is 2. The number of nitrogens with zero attached hydrogens (tertiary/aromatic N) is 1. The highest BCUT2D eigenvalue weighted by Crippen LogP contribution is 2.26. The molecule has 0 radical (unpaired) electrons. The first kappa shape index (κ1) is 18.2. The molecule has 0 fully saturated rings. The summed E-state index contributed by atoms with van der Waals surface area (Å²) in [7, 11) is 2.36. The lowest BCUT2D eigenvalue weighted by Gasteiger charge is -2.11. The molecule has 1 unspecified atom stereocenters. The quantitative estimate of drug-likeness (QED) is 0.458. The topological polar surface area (TPSA) is 74.2 Å². The van der Waals surface area contributed by atoms with Gasteiger partial charge < -0.3 is 14.2 Å². The number of esters is 2. The fourth-order valence-electron chi connectivity index (χ4n) is 2.11. The summed E-state index contributed by atoms with van der Waals surface area (Å²) in [6.45, 7) is 1.76. The minimum Gasteiger partial charge on any atom is -0.464 e. The van der Waals surface area contributed by atoms with Gasteiger partial charge >= 0.3 is 11.9 Å². The molecule has 2 rings (SSSR count). The fraction of sp³-hybridized carbons (Fsp3) is 0.211. The van der Waals surface area contributed by atoms with Crippen LogP contribution in [-0.2, 0) is 19.1 Å². The third-order valence-electron chi connectivity index (χ3n) is 3.40. The Bertz CT molecular complexity index is 752. The highest BCUT2D eigenvalue weighted by atomic mass is 16.5. The molecule has 0 aliphatic heterocycles. The van der Waals surface area contributed by atoms with Crippen LogP contribution in [0.4, 0.5) is 0 Å². The monoisotopic (exact) mass is 341 g/mol. The molecule has 2 aromatic carbocycles. The number of rotatable bonds is 6. The molecule has 0 spiro atoms. The maximum Gasteiger partial charge on any atom is 0.363 e. The van der Waals surface area contributed by atoms with Gasteiger partial charge in [0.1, 0.15) is 11.5 Å². The molecule has 0 saturated heterocycles. The van der Waals surface area contributed by atoms with Crippen LogP contribution in [0.25, 0.3) is 0 Å². The molecule has 1 atom stereocenters. The Morgan fingerprint density at radius 2 is 1.48 bits per heavy atom. The van der Waals surface area contributed by atoms with Crippen molar-refractivity contribution in [3.63, 3.8) is 0 Å². The molecule has 0 aliphatic rings. The zero-order chi connectivity index (χ0) is 18.2. The Labute approximate surface area is 146 Å². The van der Waals surface area contributed by atoms with E-state index in [0.717, 1.165) is 5.56 Å². The second kappa shape index (κ2) is 8.63. The maximum absolute atomic E-state index is 11.7. The van der Waals surface area contributed by atoms with Crippen molar-refractivity contribution in [2.75, 3.05) is 14.2 Å². The smallest absolute Gasteiger partial charge is 0.363 e. The van der Waals surface area contributed by atoms with Crippen molar-refractivity contribution in [2.45, 2.75) is 13.0 Å². The summed E-state index contributed by atoms with van der Waals surface area (Å²) < 4.78 is 14.9. The SMILES string of the molecule is COC(=O)C(=NC(C)c1cccc(Oc2ccccc2)c1)C(=O)OC. The Balaban J connectivity index is 2.25. The average Bonchev–Trinajstić information content (AvgIpc) is 2.65. The van der Waals surface area contributed by atoms with Crippen molar-refractivity contribution in [3.05, 3.63) is 60.2 Å². The molecule has 0 N–H and O–H groups in total. The van der Waals surface area contributed by atoms with E-state index in [1.54, 1.807) is 13.0 Å². The first-order valence-corrected chi connectivity index (χ1v) is 7.62. The van der Waals surface area contributed by atoms with Crippen molar-refractivity contribution in [3.8, 4) is 11.5 Å². The molecule has 0 amide bonds. The van der Waals surface area contributed by atoms with Crippen LogP contribution >= 0.6 is 0 Å². The van der Waals surface area contributed by atoms with Gasteiger partial charge in [-0.1, -0.05) is 30.3 Å². The van der Waals surface area contributed by atoms with Gasteiger partial charge in [-0.05, 0) is 36.8 Å². The second-order valence-electron chi connectivity index (χ2n) is 5.12. The van der Waals surface area contributed by atoms with Crippen LogP contribution in [0, 0.1) is 0 Å². The largest absolute Gasteiger partial charge is 0.464 e. The Morgan fingerprint density at radius 3 is 2.08 bits per heavy atom. The Kier molecular flexibility index (Phi) is 6.28. The van der Waals surface area contributed by atoms with Gasteiger partial charge in [0, 0.05) is 0 Å².